The zero-order chi connectivity index (χ0) is 14.7. The monoisotopic (exact) mass is 279 g/mol. The Morgan fingerprint density at radius 2 is 2.00 bits per heavy atom. The van der Waals surface area contributed by atoms with E-state index in [1.54, 1.807) is 13.1 Å². The second kappa shape index (κ2) is 5.54. The molecule has 0 spiro atoms. The molecule has 0 saturated heterocycles. The molecule has 104 valence electrons. The van der Waals surface area contributed by atoms with Crippen LogP contribution in [0.2, 0.25) is 0 Å². The first-order valence-electron chi connectivity index (χ1n) is 6.44. The molecule has 0 aliphatic carbocycles. The Hall–Kier alpha value is -3.02. The molecule has 0 unspecified atom stereocenters. The molecule has 0 aliphatic heterocycles. The highest BCUT2D eigenvalue weighted by atomic mass is 16.1. The minimum Gasteiger partial charge on any atom is -0.260 e. The Morgan fingerprint density at radius 3 is 2.90 bits per heavy atom. The van der Waals surface area contributed by atoms with Gasteiger partial charge in [0.05, 0.1) is 6.21 Å². The van der Waals surface area contributed by atoms with Crippen molar-refractivity contribution < 1.29 is 0 Å². The van der Waals surface area contributed by atoms with Gasteiger partial charge in [-0.1, -0.05) is 42.5 Å². The van der Waals surface area contributed by atoms with Gasteiger partial charge in [-0.2, -0.15) is 15.2 Å². The van der Waals surface area contributed by atoms with E-state index in [0.29, 0.717) is 11.5 Å². The number of H-pyrrole nitrogens is 1. The first-order chi connectivity index (χ1) is 10.2. The topological polar surface area (TPSA) is 83.0 Å². The minimum absolute atomic E-state index is 0.343. The molecule has 21 heavy (non-hydrogen) atoms. The van der Waals surface area contributed by atoms with Gasteiger partial charge in [0.2, 0.25) is 0 Å². The van der Waals surface area contributed by atoms with Gasteiger partial charge in [-0.05, 0) is 17.7 Å². The van der Waals surface area contributed by atoms with Crippen molar-refractivity contribution in [2.24, 2.45) is 5.10 Å². The second-order valence-corrected chi connectivity index (χ2v) is 4.51. The van der Waals surface area contributed by atoms with Gasteiger partial charge >= 0.3 is 5.69 Å². The molecule has 1 heterocycles. The fourth-order valence-corrected chi connectivity index (χ4v) is 2.02. The number of aromatic nitrogens is 3. The third-order valence-electron chi connectivity index (χ3n) is 3.07. The Labute approximate surface area is 120 Å². The number of hydrazone groups is 1. The molecule has 3 rings (SSSR count). The van der Waals surface area contributed by atoms with Crippen LogP contribution in [0, 0.1) is 6.92 Å². The van der Waals surface area contributed by atoms with Gasteiger partial charge in [-0.25, -0.2) is 9.89 Å². The maximum absolute atomic E-state index is 11.1. The number of anilines is 1. The maximum atomic E-state index is 11.1. The van der Waals surface area contributed by atoms with Crippen molar-refractivity contribution in [2.75, 3.05) is 5.43 Å². The molecule has 3 aromatic rings. The number of rotatable bonds is 3. The molecular formula is C15H13N5O. The Morgan fingerprint density at radius 1 is 1.19 bits per heavy atom. The van der Waals surface area contributed by atoms with Crippen molar-refractivity contribution in [3.63, 3.8) is 0 Å². The summed E-state index contributed by atoms with van der Waals surface area (Å²) in [4.78, 5) is 14.9. The van der Waals surface area contributed by atoms with Gasteiger partial charge < -0.3 is 0 Å². The summed E-state index contributed by atoms with van der Waals surface area (Å²) in [6.45, 7) is 1.73. The van der Waals surface area contributed by atoms with E-state index in [1.165, 1.54) is 0 Å². The van der Waals surface area contributed by atoms with Crippen LogP contribution < -0.4 is 11.1 Å². The number of benzene rings is 2. The van der Waals surface area contributed by atoms with E-state index in [-0.39, 0.29) is 0 Å². The van der Waals surface area contributed by atoms with Crippen molar-refractivity contribution in [1.29, 1.82) is 0 Å². The maximum Gasteiger partial charge on any atom is 0.363 e. The Balaban J connectivity index is 1.88. The number of aryl methyl sites for hydroxylation is 1. The van der Waals surface area contributed by atoms with Gasteiger partial charge in [0.1, 0.15) is 5.69 Å². The summed E-state index contributed by atoms with van der Waals surface area (Å²) in [6.07, 6.45) is 1.70. The third-order valence-corrected chi connectivity index (χ3v) is 3.07. The summed E-state index contributed by atoms with van der Waals surface area (Å²) in [7, 11) is 0. The molecule has 6 nitrogen and oxygen atoms in total. The van der Waals surface area contributed by atoms with E-state index in [0.717, 1.165) is 16.3 Å². The Bertz CT molecular complexity index is 864. The SMILES string of the molecule is Cc1n[nH]c(=O)nc1N/N=C\c1cccc2ccccc12. The zero-order valence-electron chi connectivity index (χ0n) is 11.4. The van der Waals surface area contributed by atoms with Crippen molar-refractivity contribution in [3.8, 4) is 0 Å². The quantitative estimate of drug-likeness (QED) is 0.568. The van der Waals surface area contributed by atoms with Gasteiger partial charge in [-0.15, -0.1) is 0 Å². The average molecular weight is 279 g/mol. The molecule has 0 aliphatic rings. The highest BCUT2D eigenvalue weighted by Crippen LogP contribution is 2.16. The van der Waals surface area contributed by atoms with Crippen LogP contribution in [0.3, 0.4) is 0 Å². The Kier molecular flexibility index (Phi) is 3.42. The normalized spacial score (nSPS) is 11.1. The van der Waals surface area contributed by atoms with Gasteiger partial charge in [0.15, 0.2) is 5.82 Å². The molecular weight excluding hydrogens is 266 g/mol. The summed E-state index contributed by atoms with van der Waals surface area (Å²) in [5.74, 6) is 0.343. The van der Waals surface area contributed by atoms with E-state index < -0.39 is 5.69 Å². The van der Waals surface area contributed by atoms with Crippen LogP contribution in [0.15, 0.2) is 52.4 Å². The largest absolute Gasteiger partial charge is 0.363 e. The summed E-state index contributed by atoms with van der Waals surface area (Å²) < 4.78 is 0. The zero-order valence-corrected chi connectivity index (χ0v) is 11.4. The number of fused-ring (bicyclic) bond motifs is 1. The molecule has 6 heteroatoms. The van der Waals surface area contributed by atoms with Crippen molar-refractivity contribution >= 4 is 22.8 Å². The van der Waals surface area contributed by atoms with E-state index >= 15 is 0 Å². The van der Waals surface area contributed by atoms with Crippen LogP contribution in [0.4, 0.5) is 5.82 Å². The summed E-state index contributed by atoms with van der Waals surface area (Å²) >= 11 is 0. The fraction of sp³-hybridized carbons (Fsp3) is 0.0667. The van der Waals surface area contributed by atoms with Crippen LogP contribution in [-0.4, -0.2) is 21.4 Å². The van der Waals surface area contributed by atoms with Gasteiger partial charge in [0, 0.05) is 5.56 Å². The number of aromatic amines is 1. The van der Waals surface area contributed by atoms with Crippen LogP contribution in [0.1, 0.15) is 11.3 Å². The van der Waals surface area contributed by atoms with Crippen LogP contribution in [0.5, 0.6) is 0 Å². The lowest BCUT2D eigenvalue weighted by atomic mass is 10.1. The van der Waals surface area contributed by atoms with Crippen LogP contribution >= 0.6 is 0 Å². The standard InChI is InChI=1S/C15H13N5O/c1-10-14(17-15(21)20-18-10)19-16-9-12-7-4-6-11-5-2-3-8-13(11)12/h2-9H,1H3,(H2,17,19,20,21)/b16-9-. The molecule has 2 aromatic carbocycles. The van der Waals surface area contributed by atoms with E-state index in [2.05, 4.69) is 25.7 Å². The fourth-order valence-electron chi connectivity index (χ4n) is 2.02. The predicted molar refractivity (Wildman–Crippen MR) is 82.6 cm³/mol. The molecule has 0 amide bonds. The average Bonchev–Trinajstić information content (AvgIpc) is 2.51. The summed E-state index contributed by atoms with van der Waals surface area (Å²) in [5.41, 5.74) is 3.79. The lowest BCUT2D eigenvalue weighted by molar-refractivity contribution is 0.879. The number of nitrogens with one attached hydrogen (secondary N) is 2. The molecule has 2 N–H and O–H groups in total. The molecule has 0 radical (unpaired) electrons. The van der Waals surface area contributed by atoms with Gasteiger partial charge in [0.25, 0.3) is 0 Å². The smallest absolute Gasteiger partial charge is 0.260 e. The highest BCUT2D eigenvalue weighted by molar-refractivity contribution is 5.99. The minimum atomic E-state index is -0.511. The number of hydrogen-bond acceptors (Lipinski definition) is 5. The lowest BCUT2D eigenvalue weighted by Crippen LogP contribution is -2.15. The first kappa shape index (κ1) is 13.0. The summed E-state index contributed by atoms with van der Waals surface area (Å²) in [5, 5.41) is 12.5. The molecule has 0 saturated carbocycles. The van der Waals surface area contributed by atoms with E-state index in [9.17, 15) is 4.79 Å². The highest BCUT2D eigenvalue weighted by Gasteiger charge is 2.01. The van der Waals surface area contributed by atoms with E-state index in [1.807, 2.05) is 42.5 Å². The molecule has 1 aromatic heterocycles. The predicted octanol–water partition coefficient (Wildman–Crippen LogP) is 2.07. The molecule has 0 fully saturated rings. The van der Waals surface area contributed by atoms with Gasteiger partial charge in [-0.3, -0.25) is 5.43 Å². The van der Waals surface area contributed by atoms with Crippen molar-refractivity contribution in [2.45, 2.75) is 6.92 Å². The van der Waals surface area contributed by atoms with Crippen LogP contribution in [-0.2, 0) is 0 Å². The van der Waals surface area contributed by atoms with E-state index in [4.69, 9.17) is 0 Å². The molecule has 0 atom stereocenters. The second-order valence-electron chi connectivity index (χ2n) is 4.51. The molecule has 0 bridgehead atoms. The first-order valence-corrected chi connectivity index (χ1v) is 6.44. The van der Waals surface area contributed by atoms with Crippen molar-refractivity contribution in [3.05, 3.63) is 64.2 Å². The number of nitrogens with zero attached hydrogens (tertiary/aromatic N) is 3. The summed E-state index contributed by atoms with van der Waals surface area (Å²) in [6, 6.07) is 14.1. The third kappa shape index (κ3) is 2.79. The number of hydrogen-bond donors (Lipinski definition) is 2. The van der Waals surface area contributed by atoms with Crippen LogP contribution in [0.25, 0.3) is 10.8 Å². The van der Waals surface area contributed by atoms with Crippen molar-refractivity contribution in [1.82, 2.24) is 15.2 Å². The lowest BCUT2D eigenvalue weighted by Gasteiger charge is -2.02.